The summed E-state index contributed by atoms with van der Waals surface area (Å²) < 4.78 is 0. The van der Waals surface area contributed by atoms with Gasteiger partial charge in [0.05, 0.1) is 5.60 Å². The topological polar surface area (TPSA) is 108 Å². The Bertz CT molecular complexity index is 446. The molecule has 0 aliphatic carbocycles. The fourth-order valence-electron chi connectivity index (χ4n) is 1.81. The lowest BCUT2D eigenvalue weighted by molar-refractivity contribution is 0.0838. The van der Waals surface area contributed by atoms with Crippen molar-refractivity contribution in [3.05, 3.63) is 18.0 Å². The molecule has 2 heterocycles. The highest BCUT2D eigenvalue weighted by atomic mass is 16.4. The third kappa shape index (κ3) is 2.44. The second-order valence-electron chi connectivity index (χ2n) is 4.40. The number of hydrogen-bond donors (Lipinski definition) is 3. The third-order valence-electron chi connectivity index (χ3n) is 2.75. The summed E-state index contributed by atoms with van der Waals surface area (Å²) in [5.41, 5.74) is 5.11. The SMILES string of the molecule is CC1(O)CCN(c2nccc(/C(N)=N/O)n2)C1. The zero-order chi connectivity index (χ0) is 12.5. The quantitative estimate of drug-likeness (QED) is 0.278. The minimum absolute atomic E-state index is 0.0559. The Hall–Kier alpha value is -1.89. The summed E-state index contributed by atoms with van der Waals surface area (Å²) >= 11 is 0. The van der Waals surface area contributed by atoms with Gasteiger partial charge in [0.25, 0.3) is 0 Å². The Kier molecular flexibility index (Phi) is 2.84. The van der Waals surface area contributed by atoms with Gasteiger partial charge in [-0.1, -0.05) is 5.16 Å². The van der Waals surface area contributed by atoms with Gasteiger partial charge in [-0.25, -0.2) is 9.97 Å². The number of nitrogens with two attached hydrogens (primary N) is 1. The van der Waals surface area contributed by atoms with Crippen LogP contribution in [-0.4, -0.2) is 44.8 Å². The fraction of sp³-hybridized carbons (Fsp3) is 0.500. The van der Waals surface area contributed by atoms with Crippen molar-refractivity contribution in [3.8, 4) is 0 Å². The van der Waals surface area contributed by atoms with Crippen LogP contribution in [0, 0.1) is 0 Å². The van der Waals surface area contributed by atoms with Crippen LogP contribution in [0.1, 0.15) is 19.0 Å². The van der Waals surface area contributed by atoms with Crippen molar-refractivity contribution in [2.24, 2.45) is 10.9 Å². The molecule has 0 spiro atoms. The molecule has 4 N–H and O–H groups in total. The first-order chi connectivity index (χ1) is 8.02. The lowest BCUT2D eigenvalue weighted by Crippen LogP contribution is -2.31. The maximum atomic E-state index is 9.87. The van der Waals surface area contributed by atoms with E-state index in [1.165, 1.54) is 0 Å². The van der Waals surface area contributed by atoms with Gasteiger partial charge in [-0.3, -0.25) is 0 Å². The summed E-state index contributed by atoms with van der Waals surface area (Å²) in [7, 11) is 0. The number of rotatable bonds is 2. The molecule has 92 valence electrons. The van der Waals surface area contributed by atoms with E-state index in [9.17, 15) is 5.11 Å². The van der Waals surface area contributed by atoms with Crippen LogP contribution in [0.3, 0.4) is 0 Å². The predicted molar refractivity (Wildman–Crippen MR) is 62.0 cm³/mol. The molecule has 1 fully saturated rings. The van der Waals surface area contributed by atoms with E-state index in [2.05, 4.69) is 15.1 Å². The molecule has 1 aromatic heterocycles. The molecule has 1 unspecified atom stereocenters. The van der Waals surface area contributed by atoms with Gasteiger partial charge in [-0.15, -0.1) is 0 Å². The number of β-amino-alcohol motifs (C(OH)–C–C–N with tert-alkyl or cyclic N) is 1. The average Bonchev–Trinajstić information content (AvgIpc) is 2.69. The van der Waals surface area contributed by atoms with E-state index >= 15 is 0 Å². The second-order valence-corrected chi connectivity index (χ2v) is 4.40. The molecule has 0 amide bonds. The number of aliphatic hydroxyl groups is 1. The first-order valence-corrected chi connectivity index (χ1v) is 5.30. The van der Waals surface area contributed by atoms with Crippen molar-refractivity contribution in [3.63, 3.8) is 0 Å². The number of nitrogens with zero attached hydrogens (tertiary/aromatic N) is 4. The summed E-state index contributed by atoms with van der Waals surface area (Å²) in [6.45, 7) is 2.94. The summed E-state index contributed by atoms with van der Waals surface area (Å²) in [5, 5.41) is 21.3. The van der Waals surface area contributed by atoms with Gasteiger partial charge in [-0.05, 0) is 19.4 Å². The Labute approximate surface area is 98.6 Å². The first-order valence-electron chi connectivity index (χ1n) is 5.30. The highest BCUT2D eigenvalue weighted by Crippen LogP contribution is 2.23. The van der Waals surface area contributed by atoms with Crippen LogP contribution in [0.25, 0.3) is 0 Å². The molecule has 7 nitrogen and oxygen atoms in total. The largest absolute Gasteiger partial charge is 0.409 e. The number of amidine groups is 1. The predicted octanol–water partition coefficient (Wildman–Crippen LogP) is -0.468. The lowest BCUT2D eigenvalue weighted by Gasteiger charge is -2.18. The normalized spacial score (nSPS) is 25.3. The number of hydrogen-bond acceptors (Lipinski definition) is 6. The average molecular weight is 237 g/mol. The molecule has 1 aromatic rings. The lowest BCUT2D eigenvalue weighted by atomic mass is 10.1. The van der Waals surface area contributed by atoms with Gasteiger partial charge in [0, 0.05) is 19.3 Å². The van der Waals surface area contributed by atoms with Crippen LogP contribution >= 0.6 is 0 Å². The molecule has 2 rings (SSSR count). The Morgan fingerprint density at radius 2 is 2.41 bits per heavy atom. The maximum Gasteiger partial charge on any atom is 0.226 e. The minimum atomic E-state index is -0.712. The van der Waals surface area contributed by atoms with Crippen molar-refractivity contribution in [1.29, 1.82) is 0 Å². The first kappa shape index (κ1) is 11.6. The molecule has 0 aromatic carbocycles. The van der Waals surface area contributed by atoms with Crippen molar-refractivity contribution in [2.75, 3.05) is 18.0 Å². The molecule has 1 aliphatic heterocycles. The van der Waals surface area contributed by atoms with Gasteiger partial charge in [0.15, 0.2) is 5.84 Å². The fourth-order valence-corrected chi connectivity index (χ4v) is 1.81. The Morgan fingerprint density at radius 1 is 1.65 bits per heavy atom. The highest BCUT2D eigenvalue weighted by Gasteiger charge is 2.32. The van der Waals surface area contributed by atoms with Crippen LogP contribution in [0.4, 0.5) is 5.95 Å². The number of anilines is 1. The maximum absolute atomic E-state index is 9.87. The van der Waals surface area contributed by atoms with Gasteiger partial charge in [-0.2, -0.15) is 0 Å². The van der Waals surface area contributed by atoms with E-state index in [4.69, 9.17) is 10.9 Å². The van der Waals surface area contributed by atoms with E-state index in [1.807, 2.05) is 4.90 Å². The molecule has 7 heteroatoms. The van der Waals surface area contributed by atoms with E-state index in [1.54, 1.807) is 19.2 Å². The molecule has 0 bridgehead atoms. The molecule has 1 aliphatic rings. The van der Waals surface area contributed by atoms with E-state index in [0.29, 0.717) is 31.2 Å². The minimum Gasteiger partial charge on any atom is -0.409 e. The van der Waals surface area contributed by atoms with Crippen LogP contribution in [0.5, 0.6) is 0 Å². The standard InChI is InChI=1S/C10H15N5O2/c1-10(16)3-5-15(6-10)9-12-4-2-7(13-9)8(11)14-17/h2,4,16-17H,3,5-6H2,1H3,(H2,11,14). The molecule has 0 radical (unpaired) electrons. The zero-order valence-corrected chi connectivity index (χ0v) is 9.54. The summed E-state index contributed by atoms with van der Waals surface area (Å²) in [5.74, 6) is 0.423. The van der Waals surface area contributed by atoms with Gasteiger partial charge in [0.1, 0.15) is 5.69 Å². The van der Waals surface area contributed by atoms with Crippen LogP contribution < -0.4 is 10.6 Å². The number of aromatic nitrogens is 2. The summed E-state index contributed by atoms with van der Waals surface area (Å²) in [6.07, 6.45) is 2.22. The van der Waals surface area contributed by atoms with E-state index in [-0.39, 0.29) is 5.84 Å². The molecular formula is C10H15N5O2. The molecule has 0 saturated carbocycles. The Morgan fingerprint density at radius 3 is 3.00 bits per heavy atom. The zero-order valence-electron chi connectivity index (χ0n) is 9.54. The van der Waals surface area contributed by atoms with E-state index < -0.39 is 5.60 Å². The van der Waals surface area contributed by atoms with Crippen LogP contribution in [0.15, 0.2) is 17.4 Å². The van der Waals surface area contributed by atoms with Crippen molar-refractivity contribution in [1.82, 2.24) is 9.97 Å². The monoisotopic (exact) mass is 237 g/mol. The molecule has 1 atom stereocenters. The van der Waals surface area contributed by atoms with Gasteiger partial charge < -0.3 is 20.9 Å². The van der Waals surface area contributed by atoms with Crippen molar-refractivity contribution in [2.45, 2.75) is 18.9 Å². The second kappa shape index (κ2) is 4.17. The van der Waals surface area contributed by atoms with Crippen LogP contribution in [-0.2, 0) is 0 Å². The van der Waals surface area contributed by atoms with E-state index in [0.717, 1.165) is 0 Å². The van der Waals surface area contributed by atoms with Crippen LogP contribution in [0.2, 0.25) is 0 Å². The summed E-state index contributed by atoms with van der Waals surface area (Å²) in [6, 6.07) is 1.56. The third-order valence-corrected chi connectivity index (χ3v) is 2.75. The molecule has 1 saturated heterocycles. The molecule has 17 heavy (non-hydrogen) atoms. The summed E-state index contributed by atoms with van der Waals surface area (Å²) in [4.78, 5) is 10.2. The smallest absolute Gasteiger partial charge is 0.226 e. The van der Waals surface area contributed by atoms with Crippen molar-refractivity contribution < 1.29 is 10.3 Å². The number of oxime groups is 1. The van der Waals surface area contributed by atoms with Gasteiger partial charge >= 0.3 is 0 Å². The van der Waals surface area contributed by atoms with Crippen molar-refractivity contribution >= 4 is 11.8 Å². The van der Waals surface area contributed by atoms with Gasteiger partial charge in [0.2, 0.25) is 5.95 Å². The molecular weight excluding hydrogens is 222 g/mol. The highest BCUT2D eigenvalue weighted by molar-refractivity contribution is 5.95. The Balaban J connectivity index is 2.23.